The Labute approximate surface area is 178 Å². The van der Waals surface area contributed by atoms with Gasteiger partial charge in [-0.15, -0.1) is 24.8 Å². The van der Waals surface area contributed by atoms with E-state index < -0.39 is 11.6 Å². The number of amides is 2. The van der Waals surface area contributed by atoms with Gasteiger partial charge in [0.2, 0.25) is 11.8 Å². The Bertz CT molecular complexity index is 662. The van der Waals surface area contributed by atoms with Crippen molar-refractivity contribution in [2.75, 3.05) is 36.5 Å². The maximum atomic E-state index is 12.5. The van der Waals surface area contributed by atoms with E-state index in [1.165, 1.54) is 12.8 Å². The summed E-state index contributed by atoms with van der Waals surface area (Å²) in [5.74, 6) is -0.554. The van der Waals surface area contributed by atoms with Gasteiger partial charge in [0.25, 0.3) is 0 Å². The molecule has 0 aliphatic carbocycles. The molecule has 3 rings (SSSR count). The molecule has 0 spiro atoms. The van der Waals surface area contributed by atoms with Crippen LogP contribution in [-0.4, -0.2) is 49.7 Å². The van der Waals surface area contributed by atoms with Gasteiger partial charge in [0, 0.05) is 37.7 Å². The summed E-state index contributed by atoms with van der Waals surface area (Å²) >= 11 is 0. The molecule has 0 aromatic heterocycles. The van der Waals surface area contributed by atoms with Gasteiger partial charge >= 0.3 is 0 Å². The first-order valence-corrected chi connectivity index (χ1v) is 9.31. The topological polar surface area (TPSA) is 96.7 Å². The standard InChI is InChI=1S/C19H28N4O3.2ClH/c1-14(21-18(25)19(20)7-11-26-12-8-19)17(24)22-15-5-4-6-16(13-15)23-9-2-3-10-23;;/h4-6,13-14H,2-3,7-12,20H2,1H3,(H,21,25)(H,22,24);2*1H. The normalized spacial score (nSPS) is 19.0. The second kappa shape index (κ2) is 10.9. The lowest BCUT2D eigenvalue weighted by Gasteiger charge is -2.32. The molecule has 1 atom stereocenters. The average Bonchev–Trinajstić information content (AvgIpc) is 3.17. The number of ether oxygens (including phenoxy) is 1. The van der Waals surface area contributed by atoms with Crippen molar-refractivity contribution in [2.45, 2.75) is 44.2 Å². The molecule has 2 amide bonds. The molecule has 28 heavy (non-hydrogen) atoms. The highest BCUT2D eigenvalue weighted by atomic mass is 35.5. The summed E-state index contributed by atoms with van der Waals surface area (Å²) in [4.78, 5) is 27.2. The number of hydrogen-bond donors (Lipinski definition) is 3. The van der Waals surface area contributed by atoms with Gasteiger partial charge in [-0.1, -0.05) is 6.07 Å². The fraction of sp³-hybridized carbons (Fsp3) is 0.579. The third kappa shape index (κ3) is 5.98. The molecule has 4 N–H and O–H groups in total. The smallest absolute Gasteiger partial charge is 0.246 e. The summed E-state index contributed by atoms with van der Waals surface area (Å²) in [5, 5.41) is 5.62. The number of nitrogens with one attached hydrogen (secondary N) is 2. The highest BCUT2D eigenvalue weighted by molar-refractivity contribution is 5.98. The minimum absolute atomic E-state index is 0. The highest BCUT2D eigenvalue weighted by Gasteiger charge is 2.37. The lowest BCUT2D eigenvalue weighted by atomic mass is 9.90. The van der Waals surface area contributed by atoms with Crippen molar-refractivity contribution in [1.29, 1.82) is 0 Å². The molecule has 2 heterocycles. The molecular weight excluding hydrogens is 403 g/mol. The van der Waals surface area contributed by atoms with Crippen molar-refractivity contribution >= 4 is 48.0 Å². The zero-order valence-corrected chi connectivity index (χ0v) is 17.7. The predicted octanol–water partition coefficient (Wildman–Crippen LogP) is 2.08. The number of halogens is 2. The number of rotatable bonds is 5. The van der Waals surface area contributed by atoms with E-state index >= 15 is 0 Å². The van der Waals surface area contributed by atoms with Crippen molar-refractivity contribution in [3.63, 3.8) is 0 Å². The Hall–Kier alpha value is -1.54. The molecule has 2 aliphatic rings. The van der Waals surface area contributed by atoms with E-state index in [0.717, 1.165) is 24.5 Å². The summed E-state index contributed by atoms with van der Waals surface area (Å²) in [6.45, 7) is 4.69. The second-order valence-electron chi connectivity index (χ2n) is 7.20. The van der Waals surface area contributed by atoms with Crippen LogP contribution in [0.4, 0.5) is 11.4 Å². The van der Waals surface area contributed by atoms with Crippen molar-refractivity contribution in [2.24, 2.45) is 5.73 Å². The molecule has 0 bridgehead atoms. The Morgan fingerprint density at radius 2 is 1.82 bits per heavy atom. The number of carbonyl (C=O) groups excluding carboxylic acids is 2. The molecule has 2 aliphatic heterocycles. The number of hydrogen-bond acceptors (Lipinski definition) is 5. The van der Waals surface area contributed by atoms with E-state index in [2.05, 4.69) is 21.6 Å². The molecule has 1 aromatic rings. The molecule has 2 saturated heterocycles. The average molecular weight is 433 g/mol. The number of anilines is 2. The van der Waals surface area contributed by atoms with Crippen molar-refractivity contribution in [3.8, 4) is 0 Å². The van der Waals surface area contributed by atoms with E-state index in [0.29, 0.717) is 26.1 Å². The van der Waals surface area contributed by atoms with Crippen LogP contribution in [0.3, 0.4) is 0 Å². The maximum absolute atomic E-state index is 12.5. The molecule has 0 radical (unpaired) electrons. The van der Waals surface area contributed by atoms with E-state index in [-0.39, 0.29) is 36.6 Å². The first kappa shape index (κ1) is 24.5. The zero-order chi connectivity index (χ0) is 18.6. The molecule has 7 nitrogen and oxygen atoms in total. The fourth-order valence-electron chi connectivity index (χ4n) is 3.37. The van der Waals surface area contributed by atoms with Crippen molar-refractivity contribution in [1.82, 2.24) is 5.32 Å². The van der Waals surface area contributed by atoms with E-state index in [4.69, 9.17) is 10.5 Å². The zero-order valence-electron chi connectivity index (χ0n) is 16.1. The Balaban J connectivity index is 0.00000196. The number of carbonyl (C=O) groups is 2. The quantitative estimate of drug-likeness (QED) is 0.661. The SMILES string of the molecule is CC(NC(=O)C1(N)CCOCC1)C(=O)Nc1cccc(N2CCCC2)c1.Cl.Cl. The van der Waals surface area contributed by atoms with Gasteiger partial charge in [-0.05, 0) is 50.8 Å². The first-order chi connectivity index (χ1) is 12.5. The van der Waals surface area contributed by atoms with Crippen LogP contribution in [0.25, 0.3) is 0 Å². The molecular formula is C19H30Cl2N4O3. The van der Waals surface area contributed by atoms with Gasteiger partial charge in [-0.25, -0.2) is 0 Å². The Kier molecular flexibility index (Phi) is 9.50. The van der Waals surface area contributed by atoms with Gasteiger partial charge in [0.15, 0.2) is 0 Å². The van der Waals surface area contributed by atoms with Crippen LogP contribution in [0.5, 0.6) is 0 Å². The van der Waals surface area contributed by atoms with E-state index in [1.54, 1.807) is 6.92 Å². The van der Waals surface area contributed by atoms with Crippen LogP contribution in [0.15, 0.2) is 24.3 Å². The molecule has 158 valence electrons. The van der Waals surface area contributed by atoms with Gasteiger partial charge in [-0.2, -0.15) is 0 Å². The van der Waals surface area contributed by atoms with Crippen LogP contribution in [-0.2, 0) is 14.3 Å². The maximum Gasteiger partial charge on any atom is 0.246 e. The van der Waals surface area contributed by atoms with Gasteiger partial charge in [-0.3, -0.25) is 9.59 Å². The molecule has 9 heteroatoms. The van der Waals surface area contributed by atoms with Gasteiger partial charge < -0.3 is 26.0 Å². The predicted molar refractivity (Wildman–Crippen MR) is 116 cm³/mol. The van der Waals surface area contributed by atoms with Crippen molar-refractivity contribution in [3.05, 3.63) is 24.3 Å². The Morgan fingerprint density at radius 3 is 2.46 bits per heavy atom. The fourth-order valence-corrected chi connectivity index (χ4v) is 3.37. The summed E-state index contributed by atoms with van der Waals surface area (Å²) in [5.41, 5.74) is 7.05. The van der Waals surface area contributed by atoms with Crippen LogP contribution in [0.1, 0.15) is 32.6 Å². The van der Waals surface area contributed by atoms with Crippen LogP contribution >= 0.6 is 24.8 Å². The molecule has 1 unspecified atom stereocenters. The number of benzene rings is 1. The molecule has 1 aromatic carbocycles. The summed E-state index contributed by atoms with van der Waals surface area (Å²) < 4.78 is 5.26. The van der Waals surface area contributed by atoms with Gasteiger partial charge in [0.1, 0.15) is 6.04 Å². The molecule has 0 saturated carbocycles. The van der Waals surface area contributed by atoms with Crippen molar-refractivity contribution < 1.29 is 14.3 Å². The van der Waals surface area contributed by atoms with Crippen LogP contribution in [0.2, 0.25) is 0 Å². The third-order valence-electron chi connectivity index (χ3n) is 5.16. The van der Waals surface area contributed by atoms with Crippen LogP contribution in [0, 0.1) is 0 Å². The minimum atomic E-state index is -0.956. The monoisotopic (exact) mass is 432 g/mol. The minimum Gasteiger partial charge on any atom is -0.381 e. The highest BCUT2D eigenvalue weighted by Crippen LogP contribution is 2.23. The number of nitrogens with two attached hydrogens (primary N) is 1. The van der Waals surface area contributed by atoms with E-state index in [9.17, 15) is 9.59 Å². The number of nitrogens with zero attached hydrogens (tertiary/aromatic N) is 1. The summed E-state index contributed by atoms with van der Waals surface area (Å²) in [7, 11) is 0. The lowest BCUT2D eigenvalue weighted by Crippen LogP contribution is -2.59. The third-order valence-corrected chi connectivity index (χ3v) is 5.16. The molecule has 2 fully saturated rings. The summed E-state index contributed by atoms with van der Waals surface area (Å²) in [6.07, 6.45) is 3.33. The van der Waals surface area contributed by atoms with E-state index in [1.807, 2.05) is 18.2 Å². The van der Waals surface area contributed by atoms with Gasteiger partial charge in [0.05, 0.1) is 5.54 Å². The lowest BCUT2D eigenvalue weighted by molar-refractivity contribution is -0.132. The van der Waals surface area contributed by atoms with Crippen LogP contribution < -0.4 is 21.3 Å². The Morgan fingerprint density at radius 1 is 1.18 bits per heavy atom. The second-order valence-corrected chi connectivity index (χ2v) is 7.20. The summed E-state index contributed by atoms with van der Waals surface area (Å²) in [6, 6.07) is 7.15. The first-order valence-electron chi connectivity index (χ1n) is 9.31. The largest absolute Gasteiger partial charge is 0.381 e.